The van der Waals surface area contributed by atoms with E-state index >= 15 is 0 Å². The Morgan fingerprint density at radius 2 is 1.81 bits per heavy atom. The minimum absolute atomic E-state index is 0.0727. The van der Waals surface area contributed by atoms with Crippen molar-refractivity contribution in [1.29, 1.82) is 5.26 Å². The first kappa shape index (κ1) is 25.4. The molecule has 1 N–H and O–H groups in total. The molecule has 2 unspecified atom stereocenters. The summed E-state index contributed by atoms with van der Waals surface area (Å²) in [4.78, 5) is 4.71. The van der Waals surface area contributed by atoms with E-state index in [0.717, 1.165) is 56.9 Å². The molecule has 0 aromatic heterocycles. The number of β-amino-alcohol motifs (C(OH)–C–C–N with tert-alkyl or cyclic N) is 1. The molecule has 2 heterocycles. The highest BCUT2D eigenvalue weighted by molar-refractivity contribution is 5.84. The fourth-order valence-electron chi connectivity index (χ4n) is 6.83. The lowest BCUT2D eigenvalue weighted by atomic mass is 9.58. The number of ether oxygens (including phenoxy) is 1. The molecule has 5 rings (SSSR count). The molecular formula is C30H39N5O2. The Kier molecular flexibility index (Phi) is 7.04. The molecule has 3 aliphatic rings. The van der Waals surface area contributed by atoms with Crippen LogP contribution in [0, 0.1) is 17.2 Å². The number of rotatable bonds is 7. The SMILES string of the molecule is CCC(C)C1(c2ccccc2)CCC2(CC1)CN(Cc1ccc(OC)cc1)C1=NN(CC#N)C(O)CN12. The highest BCUT2D eigenvalue weighted by Crippen LogP contribution is 2.52. The van der Waals surface area contributed by atoms with Crippen molar-refractivity contribution >= 4 is 5.96 Å². The van der Waals surface area contributed by atoms with E-state index in [2.05, 4.69) is 72.2 Å². The maximum absolute atomic E-state index is 10.9. The van der Waals surface area contributed by atoms with Gasteiger partial charge in [-0.2, -0.15) is 5.26 Å². The van der Waals surface area contributed by atoms with Gasteiger partial charge in [0.1, 0.15) is 12.3 Å². The van der Waals surface area contributed by atoms with Gasteiger partial charge in [-0.1, -0.05) is 62.7 Å². The Morgan fingerprint density at radius 3 is 2.43 bits per heavy atom. The summed E-state index contributed by atoms with van der Waals surface area (Å²) in [6, 6.07) is 21.4. The average Bonchev–Trinajstić information content (AvgIpc) is 3.21. The minimum Gasteiger partial charge on any atom is -0.497 e. The molecule has 1 saturated heterocycles. The zero-order chi connectivity index (χ0) is 26.0. The molecule has 0 bridgehead atoms. The monoisotopic (exact) mass is 501 g/mol. The van der Waals surface area contributed by atoms with Crippen LogP contribution in [0.2, 0.25) is 0 Å². The Morgan fingerprint density at radius 1 is 1.11 bits per heavy atom. The number of hydrogen-bond donors (Lipinski definition) is 1. The number of nitriles is 1. The van der Waals surface area contributed by atoms with Gasteiger partial charge in [-0.3, -0.25) is 0 Å². The fraction of sp³-hybridized carbons (Fsp3) is 0.533. The van der Waals surface area contributed by atoms with Crippen molar-refractivity contribution in [3.8, 4) is 11.8 Å². The predicted octanol–water partition coefficient (Wildman–Crippen LogP) is 4.54. The van der Waals surface area contributed by atoms with Gasteiger partial charge in [0.05, 0.1) is 25.3 Å². The number of hydrogen-bond acceptors (Lipinski definition) is 7. The molecule has 2 fully saturated rings. The van der Waals surface area contributed by atoms with E-state index in [-0.39, 0.29) is 17.5 Å². The van der Waals surface area contributed by atoms with Gasteiger partial charge in [0.15, 0.2) is 6.23 Å². The van der Waals surface area contributed by atoms with E-state index in [1.165, 1.54) is 16.1 Å². The van der Waals surface area contributed by atoms with Crippen LogP contribution < -0.4 is 4.74 Å². The highest BCUT2D eigenvalue weighted by Gasteiger charge is 2.55. The smallest absolute Gasteiger partial charge is 0.220 e. The van der Waals surface area contributed by atoms with Gasteiger partial charge in [-0.05, 0) is 60.3 Å². The van der Waals surface area contributed by atoms with Gasteiger partial charge < -0.3 is 19.6 Å². The molecule has 196 valence electrons. The molecule has 0 radical (unpaired) electrons. The number of guanidine groups is 1. The van der Waals surface area contributed by atoms with Crippen LogP contribution in [0.25, 0.3) is 0 Å². The Balaban J connectivity index is 1.45. The molecule has 37 heavy (non-hydrogen) atoms. The van der Waals surface area contributed by atoms with E-state index in [1.54, 1.807) is 7.11 Å². The van der Waals surface area contributed by atoms with Crippen LogP contribution in [-0.2, 0) is 12.0 Å². The van der Waals surface area contributed by atoms with Gasteiger partial charge in [-0.15, -0.1) is 5.10 Å². The van der Waals surface area contributed by atoms with Gasteiger partial charge in [0, 0.05) is 13.1 Å². The summed E-state index contributed by atoms with van der Waals surface area (Å²) in [5, 5.41) is 26.6. The van der Waals surface area contributed by atoms with Crippen molar-refractivity contribution < 1.29 is 9.84 Å². The van der Waals surface area contributed by atoms with Crippen LogP contribution >= 0.6 is 0 Å². The molecule has 2 aromatic carbocycles. The molecule has 1 saturated carbocycles. The third-order valence-electron chi connectivity index (χ3n) is 9.23. The van der Waals surface area contributed by atoms with Crippen molar-refractivity contribution in [3.63, 3.8) is 0 Å². The first-order chi connectivity index (χ1) is 17.9. The number of hydrazone groups is 1. The van der Waals surface area contributed by atoms with Crippen LogP contribution in [0.15, 0.2) is 59.7 Å². The van der Waals surface area contributed by atoms with Crippen molar-refractivity contribution in [2.24, 2.45) is 11.0 Å². The molecule has 7 nitrogen and oxygen atoms in total. The second-order valence-corrected chi connectivity index (χ2v) is 11.0. The maximum Gasteiger partial charge on any atom is 0.220 e. The lowest BCUT2D eigenvalue weighted by Gasteiger charge is -2.52. The summed E-state index contributed by atoms with van der Waals surface area (Å²) in [5.74, 6) is 2.32. The number of benzene rings is 2. The number of aliphatic hydroxyl groups excluding tert-OH is 1. The Bertz CT molecular complexity index is 1130. The van der Waals surface area contributed by atoms with Gasteiger partial charge in [0.2, 0.25) is 5.96 Å². The average molecular weight is 502 g/mol. The molecule has 0 amide bonds. The summed E-state index contributed by atoms with van der Waals surface area (Å²) >= 11 is 0. The third kappa shape index (κ3) is 4.53. The predicted molar refractivity (Wildman–Crippen MR) is 145 cm³/mol. The fourth-order valence-corrected chi connectivity index (χ4v) is 6.83. The summed E-state index contributed by atoms with van der Waals surface area (Å²) in [6.45, 7) is 6.87. The van der Waals surface area contributed by atoms with Crippen LogP contribution in [-0.4, -0.2) is 64.4 Å². The number of fused-ring (bicyclic) bond motifs is 2. The molecule has 2 aliphatic heterocycles. The molecular weight excluding hydrogens is 462 g/mol. The molecule has 7 heteroatoms. The zero-order valence-electron chi connectivity index (χ0n) is 22.3. The second kappa shape index (κ2) is 10.3. The van der Waals surface area contributed by atoms with Crippen molar-refractivity contribution in [1.82, 2.24) is 14.8 Å². The summed E-state index contributed by atoms with van der Waals surface area (Å²) in [7, 11) is 1.68. The number of aliphatic hydroxyl groups is 1. The lowest BCUT2D eigenvalue weighted by Crippen LogP contribution is -2.59. The third-order valence-corrected chi connectivity index (χ3v) is 9.23. The summed E-state index contributed by atoms with van der Waals surface area (Å²) in [5.41, 5.74) is 2.74. The van der Waals surface area contributed by atoms with Crippen molar-refractivity contribution in [2.45, 2.75) is 69.7 Å². The van der Waals surface area contributed by atoms with Crippen molar-refractivity contribution in [3.05, 3.63) is 65.7 Å². The molecule has 1 spiro atoms. The van der Waals surface area contributed by atoms with Crippen LogP contribution in [0.1, 0.15) is 57.1 Å². The quantitative estimate of drug-likeness (QED) is 0.562. The van der Waals surface area contributed by atoms with Crippen LogP contribution in [0.3, 0.4) is 0 Å². The number of nitrogens with zero attached hydrogens (tertiary/aromatic N) is 5. The largest absolute Gasteiger partial charge is 0.497 e. The Hall–Kier alpha value is -3.24. The molecule has 2 atom stereocenters. The maximum atomic E-state index is 10.9. The van der Waals surface area contributed by atoms with E-state index in [0.29, 0.717) is 12.5 Å². The van der Waals surface area contributed by atoms with Crippen molar-refractivity contribution in [2.75, 3.05) is 26.7 Å². The second-order valence-electron chi connectivity index (χ2n) is 11.0. The summed E-state index contributed by atoms with van der Waals surface area (Å²) in [6.07, 6.45) is 4.71. The zero-order valence-corrected chi connectivity index (χ0v) is 22.3. The van der Waals surface area contributed by atoms with Crippen LogP contribution in [0.4, 0.5) is 0 Å². The molecule has 2 aromatic rings. The van der Waals surface area contributed by atoms with E-state index < -0.39 is 6.23 Å². The number of methoxy groups -OCH3 is 1. The van der Waals surface area contributed by atoms with Gasteiger partial charge in [-0.25, -0.2) is 5.01 Å². The van der Waals surface area contributed by atoms with E-state index in [1.807, 2.05) is 12.1 Å². The first-order valence-corrected chi connectivity index (χ1v) is 13.6. The Labute approximate surface area is 220 Å². The normalized spacial score (nSPS) is 28.0. The van der Waals surface area contributed by atoms with Gasteiger partial charge in [0.25, 0.3) is 0 Å². The standard InChI is InChI=1S/C30H39N5O2/c1-4-23(2)30(25-8-6-5-7-9-25)16-14-29(15-17-30)22-33(20-24-10-12-26(37-3)13-11-24)28-32-35(19-18-31)27(36)21-34(28)29/h5-13,23,27,36H,4,14-17,19-22H2,1-3H3. The highest BCUT2D eigenvalue weighted by atomic mass is 16.5. The van der Waals surface area contributed by atoms with Gasteiger partial charge >= 0.3 is 0 Å². The lowest BCUT2D eigenvalue weighted by molar-refractivity contribution is -0.0393. The minimum atomic E-state index is -0.781. The summed E-state index contributed by atoms with van der Waals surface area (Å²) < 4.78 is 5.34. The van der Waals surface area contributed by atoms with E-state index in [4.69, 9.17) is 9.84 Å². The first-order valence-electron chi connectivity index (χ1n) is 13.6. The molecule has 1 aliphatic carbocycles. The van der Waals surface area contributed by atoms with E-state index in [9.17, 15) is 10.4 Å². The topological polar surface area (TPSA) is 75.3 Å². The van der Waals surface area contributed by atoms with Crippen LogP contribution in [0.5, 0.6) is 5.75 Å².